The van der Waals surface area contributed by atoms with E-state index in [-0.39, 0.29) is 12.0 Å². The summed E-state index contributed by atoms with van der Waals surface area (Å²) < 4.78 is 44.4. The lowest BCUT2D eigenvalue weighted by molar-refractivity contribution is -0.141. The Morgan fingerprint density at radius 3 is 2.64 bits per heavy atom. The Morgan fingerprint density at radius 2 is 1.97 bits per heavy atom. The van der Waals surface area contributed by atoms with Crippen LogP contribution in [0.3, 0.4) is 0 Å². The van der Waals surface area contributed by atoms with Crippen LogP contribution in [0, 0.1) is 5.41 Å². The second kappa shape index (κ2) is 12.2. The number of amidine groups is 1. The number of nitrogens with one attached hydrogen (secondary N) is 3. The van der Waals surface area contributed by atoms with Crippen molar-refractivity contribution >= 4 is 23.5 Å². The van der Waals surface area contributed by atoms with Crippen LogP contribution in [-0.4, -0.2) is 64.8 Å². The molecule has 0 atom stereocenters. The predicted octanol–water partition coefficient (Wildman–Crippen LogP) is 4.22. The number of hydrogen-bond acceptors (Lipinski definition) is 6. The molecule has 0 unspecified atom stereocenters. The van der Waals surface area contributed by atoms with E-state index in [4.69, 9.17) is 15.9 Å². The van der Waals surface area contributed by atoms with E-state index in [0.29, 0.717) is 34.9 Å². The van der Waals surface area contributed by atoms with Gasteiger partial charge < -0.3 is 26.0 Å². The summed E-state index contributed by atoms with van der Waals surface area (Å²) in [5.41, 5.74) is 5.97. The number of carbonyl (C=O) groups is 1. The number of halogens is 3. The normalized spacial score (nSPS) is 19.2. The number of aromatic nitrogens is 1. The van der Waals surface area contributed by atoms with Crippen molar-refractivity contribution in [1.29, 1.82) is 5.41 Å². The van der Waals surface area contributed by atoms with Gasteiger partial charge in [0.15, 0.2) is 5.96 Å². The van der Waals surface area contributed by atoms with E-state index in [1.165, 1.54) is 18.5 Å². The highest BCUT2D eigenvalue weighted by atomic mass is 19.4. The van der Waals surface area contributed by atoms with Gasteiger partial charge in [-0.3, -0.25) is 15.3 Å². The van der Waals surface area contributed by atoms with Crippen molar-refractivity contribution in [3.05, 3.63) is 54.7 Å². The van der Waals surface area contributed by atoms with Crippen LogP contribution in [0.5, 0.6) is 5.75 Å². The zero-order chi connectivity index (χ0) is 28.0. The van der Waals surface area contributed by atoms with Gasteiger partial charge in [0.1, 0.15) is 23.5 Å². The minimum Gasteiger partial charge on any atom is -0.461 e. The minimum absolute atomic E-state index is 0.0325. The van der Waals surface area contributed by atoms with Gasteiger partial charge in [0.2, 0.25) is 0 Å². The lowest BCUT2D eigenvalue weighted by Gasteiger charge is -2.36. The molecule has 39 heavy (non-hydrogen) atoms. The van der Waals surface area contributed by atoms with Gasteiger partial charge in [0, 0.05) is 43.6 Å². The summed E-state index contributed by atoms with van der Waals surface area (Å²) in [6, 6.07) is 6.96. The number of nitrogens with two attached hydrogens (primary N) is 1. The SMILES string of the molecule is C/C1=N\C(=O)N(C2CCN(CCCNC(=N)N)CC2)/C=C/Oc2ccc(-c3ccc(C(F)(F)F)nc3)cc2N1. The second-order valence-corrected chi connectivity index (χ2v) is 9.32. The van der Waals surface area contributed by atoms with Crippen LogP contribution >= 0.6 is 0 Å². The number of hydrogen-bond donors (Lipinski definition) is 4. The fraction of sp³-hybridized carbons (Fsp3) is 0.385. The third kappa shape index (κ3) is 7.47. The highest BCUT2D eigenvalue weighted by Gasteiger charge is 2.32. The van der Waals surface area contributed by atoms with Crippen molar-refractivity contribution in [3.63, 3.8) is 0 Å². The first-order valence-corrected chi connectivity index (χ1v) is 12.6. The summed E-state index contributed by atoms with van der Waals surface area (Å²) in [5.74, 6) is 0.783. The average molecular weight is 545 g/mol. The monoisotopic (exact) mass is 544 g/mol. The highest BCUT2D eigenvalue weighted by Crippen LogP contribution is 2.33. The van der Waals surface area contributed by atoms with Crippen LogP contribution < -0.4 is 21.1 Å². The van der Waals surface area contributed by atoms with Crippen LogP contribution in [-0.2, 0) is 6.18 Å². The van der Waals surface area contributed by atoms with Crippen LogP contribution in [0.2, 0.25) is 0 Å². The minimum atomic E-state index is -4.51. The number of urea groups is 1. The number of likely N-dealkylation sites (tertiary alicyclic amines) is 1. The zero-order valence-electron chi connectivity index (χ0n) is 21.5. The number of guanidine groups is 1. The average Bonchev–Trinajstić information content (AvgIpc) is 2.89. The molecule has 2 aliphatic heterocycles. The molecule has 1 aromatic heterocycles. The maximum absolute atomic E-state index is 13.0. The molecule has 2 amide bonds. The van der Waals surface area contributed by atoms with Gasteiger partial charge in [-0.2, -0.15) is 18.2 Å². The number of rotatable bonds is 6. The molecule has 1 fully saturated rings. The van der Waals surface area contributed by atoms with Crippen LogP contribution in [0.25, 0.3) is 11.1 Å². The lowest BCUT2D eigenvalue weighted by Crippen LogP contribution is -2.45. The zero-order valence-corrected chi connectivity index (χ0v) is 21.5. The predicted molar refractivity (Wildman–Crippen MR) is 142 cm³/mol. The van der Waals surface area contributed by atoms with Crippen LogP contribution in [0.1, 0.15) is 31.9 Å². The van der Waals surface area contributed by atoms with Crippen molar-refractivity contribution in [2.45, 2.75) is 38.4 Å². The summed E-state index contributed by atoms with van der Waals surface area (Å²) in [5, 5.41) is 13.1. The summed E-state index contributed by atoms with van der Waals surface area (Å²) in [4.78, 5) is 24.7. The molecule has 0 spiro atoms. The first-order chi connectivity index (χ1) is 18.6. The molecule has 10 nitrogen and oxygen atoms in total. The molecule has 1 saturated heterocycles. The maximum Gasteiger partial charge on any atom is 0.433 e. The van der Waals surface area contributed by atoms with E-state index in [0.717, 1.165) is 45.0 Å². The quantitative estimate of drug-likeness (QED) is 0.243. The number of pyridine rings is 1. The van der Waals surface area contributed by atoms with E-state index in [1.807, 2.05) is 0 Å². The number of anilines is 1. The Labute approximate surface area is 224 Å². The summed E-state index contributed by atoms with van der Waals surface area (Å²) in [6.07, 6.45) is 2.11. The first-order valence-electron chi connectivity index (χ1n) is 12.6. The number of carbonyl (C=O) groups excluding carboxylic acids is 1. The van der Waals surface area contributed by atoms with Crippen molar-refractivity contribution in [2.75, 3.05) is 31.5 Å². The lowest BCUT2D eigenvalue weighted by atomic mass is 10.0. The maximum atomic E-state index is 13.0. The molecule has 3 heterocycles. The van der Waals surface area contributed by atoms with Crippen LogP contribution in [0.15, 0.2) is 54.0 Å². The van der Waals surface area contributed by atoms with Crippen LogP contribution in [0.4, 0.5) is 23.7 Å². The molecule has 0 saturated carbocycles. The molecule has 208 valence electrons. The molecule has 2 aliphatic rings. The molecule has 5 N–H and O–H groups in total. The fourth-order valence-electron chi connectivity index (χ4n) is 4.52. The second-order valence-electron chi connectivity index (χ2n) is 9.32. The van der Waals surface area contributed by atoms with Crippen molar-refractivity contribution in [3.8, 4) is 16.9 Å². The smallest absolute Gasteiger partial charge is 0.433 e. The van der Waals surface area contributed by atoms with E-state index in [9.17, 15) is 18.0 Å². The van der Waals surface area contributed by atoms with E-state index in [1.54, 1.807) is 36.2 Å². The number of fused-ring (bicyclic) bond motifs is 1. The van der Waals surface area contributed by atoms with Gasteiger partial charge in [-0.1, -0.05) is 12.1 Å². The third-order valence-electron chi connectivity index (χ3n) is 6.50. The van der Waals surface area contributed by atoms with Gasteiger partial charge in [0.25, 0.3) is 0 Å². The standard InChI is InChI=1S/C26H31F3N8O2/c1-17-34-21-15-18(19-4-6-23(33-16-19)26(27,28)29)3-5-22(21)39-14-13-37(25(38)35-17)20-7-11-36(12-8-20)10-2-9-32-24(30)31/h3-6,13-16,20H,2,7-12H2,1H3,(H4,30,31,32)(H,34,35,38)/b14-13+. The summed E-state index contributed by atoms with van der Waals surface area (Å²) in [6.45, 7) is 4.84. The Morgan fingerprint density at radius 1 is 1.23 bits per heavy atom. The molecular weight excluding hydrogens is 513 g/mol. The third-order valence-corrected chi connectivity index (χ3v) is 6.50. The van der Waals surface area contributed by atoms with Crippen molar-refractivity contribution in [2.24, 2.45) is 10.7 Å². The number of piperidine rings is 1. The van der Waals surface area contributed by atoms with Gasteiger partial charge in [-0.05, 0) is 56.5 Å². The van der Waals surface area contributed by atoms with Crippen molar-refractivity contribution in [1.82, 2.24) is 20.1 Å². The molecule has 0 bridgehead atoms. The Bertz CT molecular complexity index is 1240. The molecule has 0 radical (unpaired) electrons. The van der Waals surface area contributed by atoms with Gasteiger partial charge in [-0.25, -0.2) is 4.79 Å². The number of aliphatic imine (C=N–C) groups is 1. The fourth-order valence-corrected chi connectivity index (χ4v) is 4.52. The number of nitrogens with zero attached hydrogens (tertiary/aromatic N) is 4. The molecule has 2 aromatic rings. The van der Waals surface area contributed by atoms with Gasteiger partial charge in [-0.15, -0.1) is 0 Å². The summed E-state index contributed by atoms with van der Waals surface area (Å²) in [7, 11) is 0. The van der Waals surface area contributed by atoms with Gasteiger partial charge >= 0.3 is 12.2 Å². The Kier molecular flexibility index (Phi) is 8.69. The number of alkyl halides is 3. The number of amides is 2. The Balaban J connectivity index is 1.43. The summed E-state index contributed by atoms with van der Waals surface area (Å²) >= 11 is 0. The van der Waals surface area contributed by atoms with E-state index < -0.39 is 17.9 Å². The van der Waals surface area contributed by atoms with Gasteiger partial charge in [0.05, 0.1) is 5.69 Å². The highest BCUT2D eigenvalue weighted by molar-refractivity contribution is 6.02. The topological polar surface area (TPSA) is 132 Å². The molecule has 4 rings (SSSR count). The largest absolute Gasteiger partial charge is 0.461 e. The van der Waals surface area contributed by atoms with E-state index >= 15 is 0 Å². The van der Waals surface area contributed by atoms with Crippen molar-refractivity contribution < 1.29 is 22.7 Å². The molecule has 1 aromatic carbocycles. The molecule has 13 heteroatoms. The first kappa shape index (κ1) is 27.9. The molecule has 0 aliphatic carbocycles. The van der Waals surface area contributed by atoms with E-state index in [2.05, 4.69) is 25.5 Å². The Hall–Kier alpha value is -4.13. The number of ether oxygens (including phenoxy) is 1. The number of benzene rings is 1. The molecular formula is C26H31F3N8O2.